The second-order valence-corrected chi connectivity index (χ2v) is 9.79. The fourth-order valence-electron chi connectivity index (χ4n) is 4.63. The van der Waals surface area contributed by atoms with Crippen LogP contribution in [0.25, 0.3) is 0 Å². The van der Waals surface area contributed by atoms with Gasteiger partial charge in [0.1, 0.15) is 0 Å². The number of piperidine rings is 2. The lowest BCUT2D eigenvalue weighted by atomic mass is 9.95. The fraction of sp³-hybridized carbons (Fsp3) is 0.583. The summed E-state index contributed by atoms with van der Waals surface area (Å²) in [6.07, 6.45) is 5.84. The summed E-state index contributed by atoms with van der Waals surface area (Å²) in [5.41, 5.74) is 3.77. The van der Waals surface area contributed by atoms with Gasteiger partial charge in [-0.1, -0.05) is 30.7 Å². The molecular weight excluding hydrogens is 392 g/mol. The van der Waals surface area contributed by atoms with E-state index in [9.17, 15) is 4.79 Å². The fourth-order valence-corrected chi connectivity index (χ4v) is 5.24. The molecule has 3 heterocycles. The van der Waals surface area contributed by atoms with Crippen molar-refractivity contribution in [3.05, 3.63) is 51.5 Å². The van der Waals surface area contributed by atoms with Crippen LogP contribution in [0.1, 0.15) is 53.9 Å². The maximum absolute atomic E-state index is 12.8. The second kappa shape index (κ2) is 10.5. The Balaban J connectivity index is 1.24. The van der Waals surface area contributed by atoms with Crippen LogP contribution in [0.2, 0.25) is 0 Å². The Bertz CT molecular complexity index is 822. The van der Waals surface area contributed by atoms with E-state index < -0.39 is 0 Å². The van der Waals surface area contributed by atoms with Crippen LogP contribution in [-0.4, -0.2) is 46.9 Å². The Morgan fingerprint density at radius 1 is 1.03 bits per heavy atom. The maximum Gasteiger partial charge on any atom is 0.223 e. The molecule has 6 heteroatoms. The average Bonchev–Trinajstić information content (AvgIpc) is 3.18. The van der Waals surface area contributed by atoms with Crippen LogP contribution in [0.5, 0.6) is 0 Å². The van der Waals surface area contributed by atoms with Gasteiger partial charge in [0, 0.05) is 30.9 Å². The molecule has 5 nitrogen and oxygen atoms in total. The Kier molecular flexibility index (Phi) is 7.52. The number of likely N-dealkylation sites (tertiary alicyclic amines) is 2. The zero-order valence-electron chi connectivity index (χ0n) is 18.1. The van der Waals surface area contributed by atoms with Crippen LogP contribution in [0.15, 0.2) is 29.6 Å². The molecule has 30 heavy (non-hydrogen) atoms. The van der Waals surface area contributed by atoms with E-state index in [2.05, 4.69) is 56.7 Å². The van der Waals surface area contributed by atoms with E-state index in [-0.39, 0.29) is 11.8 Å². The minimum Gasteiger partial charge on any atom is -0.352 e. The van der Waals surface area contributed by atoms with Crippen molar-refractivity contribution < 1.29 is 4.79 Å². The molecule has 1 aromatic carbocycles. The smallest absolute Gasteiger partial charge is 0.223 e. The normalized spacial score (nSPS) is 19.1. The summed E-state index contributed by atoms with van der Waals surface area (Å²) in [6.45, 7) is 8.93. The number of nitrogens with zero attached hydrogens (tertiary/aromatic N) is 3. The van der Waals surface area contributed by atoms with Crippen molar-refractivity contribution in [2.24, 2.45) is 5.92 Å². The summed E-state index contributed by atoms with van der Waals surface area (Å²) in [5.74, 6) is 0.347. The first-order valence-corrected chi connectivity index (χ1v) is 12.3. The van der Waals surface area contributed by atoms with Gasteiger partial charge in [0.2, 0.25) is 5.91 Å². The predicted molar refractivity (Wildman–Crippen MR) is 122 cm³/mol. The molecule has 1 aromatic heterocycles. The molecule has 0 saturated carbocycles. The number of hydrogen-bond acceptors (Lipinski definition) is 5. The quantitative estimate of drug-likeness (QED) is 0.728. The van der Waals surface area contributed by atoms with Crippen LogP contribution in [0.3, 0.4) is 0 Å². The Morgan fingerprint density at radius 2 is 1.73 bits per heavy atom. The molecule has 2 saturated heterocycles. The Morgan fingerprint density at radius 3 is 2.43 bits per heavy atom. The number of thiazole rings is 1. The lowest BCUT2D eigenvalue weighted by molar-refractivity contribution is -0.126. The molecule has 0 aliphatic carbocycles. The van der Waals surface area contributed by atoms with Gasteiger partial charge in [-0.3, -0.25) is 14.6 Å². The molecule has 162 valence electrons. The first-order valence-electron chi connectivity index (χ1n) is 11.4. The molecule has 0 unspecified atom stereocenters. The largest absolute Gasteiger partial charge is 0.352 e. The van der Waals surface area contributed by atoms with Crippen LogP contribution in [0, 0.1) is 12.8 Å². The van der Waals surface area contributed by atoms with E-state index in [0.717, 1.165) is 49.7 Å². The van der Waals surface area contributed by atoms with E-state index in [1.54, 1.807) is 11.3 Å². The number of aryl methyl sites for hydroxylation is 1. The molecule has 2 aromatic rings. The van der Waals surface area contributed by atoms with Gasteiger partial charge >= 0.3 is 0 Å². The highest BCUT2D eigenvalue weighted by Gasteiger charge is 2.25. The molecule has 1 amide bonds. The van der Waals surface area contributed by atoms with E-state index in [1.807, 2.05) is 0 Å². The van der Waals surface area contributed by atoms with Crippen molar-refractivity contribution in [2.75, 3.05) is 26.2 Å². The van der Waals surface area contributed by atoms with Crippen LogP contribution < -0.4 is 5.32 Å². The van der Waals surface area contributed by atoms with Gasteiger partial charge in [0.25, 0.3) is 0 Å². The number of amides is 1. The Hall–Kier alpha value is -1.76. The van der Waals surface area contributed by atoms with Crippen molar-refractivity contribution in [2.45, 2.75) is 58.7 Å². The number of aromatic nitrogens is 1. The molecular formula is C24H34N4OS. The summed E-state index contributed by atoms with van der Waals surface area (Å²) >= 11 is 1.71. The van der Waals surface area contributed by atoms with Crippen LogP contribution >= 0.6 is 11.3 Å². The molecule has 0 bridgehead atoms. The minimum atomic E-state index is 0.132. The number of carbonyl (C=O) groups excluding carboxylic acids is 1. The summed E-state index contributed by atoms with van der Waals surface area (Å²) in [4.78, 5) is 22.3. The van der Waals surface area contributed by atoms with Gasteiger partial charge in [-0.05, 0) is 69.9 Å². The van der Waals surface area contributed by atoms with Crippen molar-refractivity contribution >= 4 is 17.2 Å². The molecule has 2 aliphatic heterocycles. The third kappa shape index (κ3) is 5.90. The first kappa shape index (κ1) is 21.5. The van der Waals surface area contributed by atoms with Crippen molar-refractivity contribution in [1.29, 1.82) is 0 Å². The lowest BCUT2D eigenvalue weighted by Gasteiger charge is -2.31. The van der Waals surface area contributed by atoms with E-state index >= 15 is 0 Å². The summed E-state index contributed by atoms with van der Waals surface area (Å²) < 4.78 is 0. The van der Waals surface area contributed by atoms with Crippen molar-refractivity contribution in [3.63, 3.8) is 0 Å². The van der Waals surface area contributed by atoms with Gasteiger partial charge < -0.3 is 5.32 Å². The summed E-state index contributed by atoms with van der Waals surface area (Å²) in [7, 11) is 0. The van der Waals surface area contributed by atoms with Gasteiger partial charge in [-0.2, -0.15) is 0 Å². The molecule has 1 N–H and O–H groups in total. The highest BCUT2D eigenvalue weighted by atomic mass is 32.1. The average molecular weight is 427 g/mol. The summed E-state index contributed by atoms with van der Waals surface area (Å²) in [5, 5.41) is 6.50. The van der Waals surface area contributed by atoms with Crippen molar-refractivity contribution in [1.82, 2.24) is 20.1 Å². The van der Waals surface area contributed by atoms with Gasteiger partial charge in [0.15, 0.2) is 0 Å². The monoisotopic (exact) mass is 426 g/mol. The van der Waals surface area contributed by atoms with E-state index in [1.165, 1.54) is 43.5 Å². The SMILES string of the molecule is Cc1nc(CN2CCC(C(=O)NCc3ccccc3CN3CCCCC3)CC2)cs1. The molecule has 0 radical (unpaired) electrons. The second-order valence-electron chi connectivity index (χ2n) is 8.73. The topological polar surface area (TPSA) is 48.5 Å². The number of rotatable bonds is 7. The minimum absolute atomic E-state index is 0.132. The molecule has 0 atom stereocenters. The zero-order chi connectivity index (χ0) is 20.8. The van der Waals surface area contributed by atoms with Crippen LogP contribution in [0.4, 0.5) is 0 Å². The van der Waals surface area contributed by atoms with Crippen molar-refractivity contribution in [3.8, 4) is 0 Å². The van der Waals surface area contributed by atoms with Gasteiger partial charge in [0.05, 0.1) is 10.7 Å². The highest BCUT2D eigenvalue weighted by molar-refractivity contribution is 7.09. The molecule has 2 aliphatic rings. The van der Waals surface area contributed by atoms with Crippen LogP contribution in [-0.2, 0) is 24.4 Å². The molecule has 4 rings (SSSR count). The third-order valence-corrected chi connectivity index (χ3v) is 7.25. The predicted octanol–water partition coefficient (Wildman–Crippen LogP) is 3.97. The highest BCUT2D eigenvalue weighted by Crippen LogP contribution is 2.21. The molecule has 0 spiro atoms. The molecule has 2 fully saturated rings. The van der Waals surface area contributed by atoms with Gasteiger partial charge in [-0.15, -0.1) is 11.3 Å². The maximum atomic E-state index is 12.8. The first-order chi connectivity index (χ1) is 14.7. The van der Waals surface area contributed by atoms with E-state index in [4.69, 9.17) is 0 Å². The number of benzene rings is 1. The standard InChI is InChI=1S/C24H34N4OS/c1-19-26-23(18-30-19)17-28-13-9-20(10-14-28)24(29)25-15-21-7-3-4-8-22(21)16-27-11-5-2-6-12-27/h3-4,7-8,18,20H,2,5-6,9-17H2,1H3,(H,25,29). The number of hydrogen-bond donors (Lipinski definition) is 1. The Labute approximate surface area is 184 Å². The zero-order valence-corrected chi connectivity index (χ0v) is 18.9. The summed E-state index contributed by atoms with van der Waals surface area (Å²) in [6, 6.07) is 8.58. The number of carbonyl (C=O) groups is 1. The lowest BCUT2D eigenvalue weighted by Crippen LogP contribution is -2.40. The third-order valence-electron chi connectivity index (χ3n) is 6.42. The van der Waals surface area contributed by atoms with E-state index in [0.29, 0.717) is 6.54 Å². The number of nitrogens with one attached hydrogen (secondary N) is 1. The van der Waals surface area contributed by atoms with Gasteiger partial charge in [-0.25, -0.2) is 4.98 Å².